The van der Waals surface area contributed by atoms with Crippen LogP contribution in [-0.2, 0) is 45.3 Å². The number of carboxylic acid groups (broad SMARTS) is 3. The van der Waals surface area contributed by atoms with Crippen LogP contribution in [0.2, 0.25) is 0 Å². The molecule has 248 valence electrons. The number of aromatic nitrogens is 4. The molecule has 0 spiro atoms. The lowest BCUT2D eigenvalue weighted by atomic mass is 10.2. The number of alkyl halides is 9. The predicted octanol–water partition coefficient (Wildman–Crippen LogP) is 2.42. The average Bonchev–Trinajstić information content (AvgIpc) is 3.31. The molecule has 1 saturated heterocycles. The van der Waals surface area contributed by atoms with E-state index >= 15 is 0 Å². The van der Waals surface area contributed by atoms with Gasteiger partial charge in [0.1, 0.15) is 11.6 Å². The van der Waals surface area contributed by atoms with Crippen molar-refractivity contribution in [2.75, 3.05) is 32.8 Å². The van der Waals surface area contributed by atoms with Gasteiger partial charge in [-0.1, -0.05) is 6.07 Å². The number of pyridine rings is 1. The first-order chi connectivity index (χ1) is 20.2. The standard InChI is InChI=1S/C16H22N6O.3C2HF3O2/c1-2-14(10-17-3-1)11-21-4-5-22-15(18-19-16(22)13-21)12-20-6-8-23-9-7-20;3*3-2(4,5)1(6)7/h1-3,10H,4-9,11-13H2;3*(H,6,7). The summed E-state index contributed by atoms with van der Waals surface area (Å²) >= 11 is 0. The maximum atomic E-state index is 10.6. The van der Waals surface area contributed by atoms with Crippen LogP contribution in [0.4, 0.5) is 39.5 Å². The molecule has 3 N–H and O–H groups in total. The number of morpholine rings is 1. The van der Waals surface area contributed by atoms with E-state index in [1.165, 1.54) is 5.56 Å². The number of carboxylic acids is 3. The Labute approximate surface area is 241 Å². The summed E-state index contributed by atoms with van der Waals surface area (Å²) in [4.78, 5) is 35.7. The van der Waals surface area contributed by atoms with Gasteiger partial charge in [0.25, 0.3) is 0 Å². The summed E-state index contributed by atoms with van der Waals surface area (Å²) in [5, 5.41) is 30.2. The van der Waals surface area contributed by atoms with Crippen molar-refractivity contribution in [1.29, 1.82) is 0 Å². The minimum Gasteiger partial charge on any atom is -0.475 e. The molecule has 0 amide bonds. The molecule has 22 heteroatoms. The van der Waals surface area contributed by atoms with E-state index in [2.05, 4.69) is 35.6 Å². The van der Waals surface area contributed by atoms with E-state index in [1.54, 1.807) is 0 Å². The Balaban J connectivity index is 0.000000379. The number of rotatable bonds is 4. The molecule has 0 atom stereocenters. The first kappa shape index (κ1) is 38.0. The van der Waals surface area contributed by atoms with Crippen molar-refractivity contribution in [3.63, 3.8) is 0 Å². The van der Waals surface area contributed by atoms with Crippen molar-refractivity contribution >= 4 is 17.9 Å². The predicted molar refractivity (Wildman–Crippen MR) is 126 cm³/mol. The fourth-order valence-electron chi connectivity index (χ4n) is 3.23. The fraction of sp³-hybridized carbons (Fsp3) is 0.545. The van der Waals surface area contributed by atoms with Gasteiger partial charge in [-0.05, 0) is 11.6 Å². The smallest absolute Gasteiger partial charge is 0.475 e. The van der Waals surface area contributed by atoms with Crippen LogP contribution < -0.4 is 0 Å². The SMILES string of the molecule is O=C(O)C(F)(F)F.O=C(O)C(F)(F)F.O=C(O)C(F)(F)F.c1cncc(CN2CCn3c(CN4CCOCC4)nnc3C2)c1. The molecule has 0 bridgehead atoms. The van der Waals surface area contributed by atoms with E-state index in [9.17, 15) is 39.5 Å². The molecule has 2 aliphatic heterocycles. The molecule has 1 fully saturated rings. The van der Waals surface area contributed by atoms with Crippen LogP contribution in [0.1, 0.15) is 17.2 Å². The lowest BCUT2D eigenvalue weighted by molar-refractivity contribution is -0.193. The van der Waals surface area contributed by atoms with E-state index in [1.807, 2.05) is 18.5 Å². The van der Waals surface area contributed by atoms with Crippen molar-refractivity contribution in [3.05, 3.63) is 41.7 Å². The molecular weight excluding hydrogens is 631 g/mol. The third-order valence-electron chi connectivity index (χ3n) is 5.23. The number of fused-ring (bicyclic) bond motifs is 1. The molecule has 13 nitrogen and oxygen atoms in total. The van der Waals surface area contributed by atoms with Gasteiger partial charge < -0.3 is 24.6 Å². The molecule has 2 aromatic heterocycles. The van der Waals surface area contributed by atoms with E-state index in [4.69, 9.17) is 34.4 Å². The van der Waals surface area contributed by atoms with Gasteiger partial charge in [0.05, 0.1) is 26.3 Å². The van der Waals surface area contributed by atoms with E-state index < -0.39 is 36.4 Å². The third kappa shape index (κ3) is 14.4. The van der Waals surface area contributed by atoms with Crippen molar-refractivity contribution in [2.45, 2.75) is 44.7 Å². The Morgan fingerprint density at radius 3 is 1.68 bits per heavy atom. The zero-order valence-electron chi connectivity index (χ0n) is 22.2. The first-order valence-corrected chi connectivity index (χ1v) is 11.9. The topological polar surface area (TPSA) is 171 Å². The summed E-state index contributed by atoms with van der Waals surface area (Å²) in [7, 11) is 0. The number of nitrogens with zero attached hydrogens (tertiary/aromatic N) is 6. The number of hydrogen-bond donors (Lipinski definition) is 3. The van der Waals surface area contributed by atoms with Crippen LogP contribution in [0.25, 0.3) is 0 Å². The second kappa shape index (κ2) is 16.7. The molecule has 44 heavy (non-hydrogen) atoms. The number of hydrogen-bond acceptors (Lipinski definition) is 9. The van der Waals surface area contributed by atoms with Crippen LogP contribution in [0.5, 0.6) is 0 Å². The first-order valence-electron chi connectivity index (χ1n) is 11.9. The normalized spacial score (nSPS) is 15.7. The highest BCUT2D eigenvalue weighted by Crippen LogP contribution is 2.17. The molecule has 0 unspecified atom stereocenters. The highest BCUT2D eigenvalue weighted by atomic mass is 19.4. The molecule has 4 rings (SSSR count). The zero-order valence-corrected chi connectivity index (χ0v) is 22.2. The minimum absolute atomic E-state index is 0.819. The van der Waals surface area contributed by atoms with Gasteiger partial charge in [-0.15, -0.1) is 10.2 Å². The highest BCUT2D eigenvalue weighted by Gasteiger charge is 2.39. The van der Waals surface area contributed by atoms with Gasteiger partial charge in [0.2, 0.25) is 0 Å². The van der Waals surface area contributed by atoms with Gasteiger partial charge in [-0.3, -0.25) is 14.8 Å². The Kier molecular flexibility index (Phi) is 14.4. The van der Waals surface area contributed by atoms with Gasteiger partial charge in [0, 0.05) is 45.1 Å². The van der Waals surface area contributed by atoms with E-state index in [-0.39, 0.29) is 0 Å². The lowest BCUT2D eigenvalue weighted by Gasteiger charge is -2.29. The molecule has 4 heterocycles. The largest absolute Gasteiger partial charge is 0.490 e. The lowest BCUT2D eigenvalue weighted by Crippen LogP contribution is -2.38. The van der Waals surface area contributed by atoms with E-state index in [0.717, 1.165) is 70.7 Å². The summed E-state index contributed by atoms with van der Waals surface area (Å²) in [5.74, 6) is -6.11. The van der Waals surface area contributed by atoms with Gasteiger partial charge in [-0.2, -0.15) is 39.5 Å². The monoisotopic (exact) mass is 656 g/mol. The Hall–Kier alpha value is -4.05. The van der Waals surface area contributed by atoms with Crippen LogP contribution in [0, 0.1) is 0 Å². The van der Waals surface area contributed by atoms with Crippen molar-refractivity contribution < 1.29 is 74.0 Å². The molecule has 2 aromatic rings. The van der Waals surface area contributed by atoms with Gasteiger partial charge in [-0.25, -0.2) is 14.4 Å². The van der Waals surface area contributed by atoms with Crippen LogP contribution in [0.15, 0.2) is 24.5 Å². The Morgan fingerprint density at radius 2 is 1.25 bits per heavy atom. The summed E-state index contributed by atoms with van der Waals surface area (Å²) < 4.78 is 103. The molecule has 0 saturated carbocycles. The average molecular weight is 656 g/mol. The molecule has 0 aromatic carbocycles. The summed E-state index contributed by atoms with van der Waals surface area (Å²) in [6, 6.07) is 4.11. The second-order valence-corrected chi connectivity index (χ2v) is 8.55. The van der Waals surface area contributed by atoms with Crippen molar-refractivity contribution in [2.24, 2.45) is 0 Å². The van der Waals surface area contributed by atoms with Crippen molar-refractivity contribution in [3.8, 4) is 0 Å². The summed E-state index contributed by atoms with van der Waals surface area (Å²) in [5.41, 5.74) is 1.24. The quantitative estimate of drug-likeness (QED) is 0.412. The number of halogens is 9. The number of aliphatic carboxylic acids is 3. The zero-order chi connectivity index (χ0) is 33.7. The maximum Gasteiger partial charge on any atom is 0.490 e. The molecule has 0 aliphatic carbocycles. The molecular formula is C22H25F9N6O7. The minimum atomic E-state index is -5.08. The van der Waals surface area contributed by atoms with E-state index in [0.29, 0.717) is 0 Å². The summed E-state index contributed by atoms with van der Waals surface area (Å²) in [6.45, 7) is 8.23. The molecule has 2 aliphatic rings. The van der Waals surface area contributed by atoms with Crippen molar-refractivity contribution in [1.82, 2.24) is 29.5 Å². The Morgan fingerprint density at radius 1 is 0.750 bits per heavy atom. The maximum absolute atomic E-state index is 10.6. The second-order valence-electron chi connectivity index (χ2n) is 8.55. The van der Waals surface area contributed by atoms with Gasteiger partial charge in [0.15, 0.2) is 0 Å². The molecule has 0 radical (unpaired) electrons. The number of carbonyl (C=O) groups is 3. The van der Waals surface area contributed by atoms with Crippen LogP contribution >= 0.6 is 0 Å². The van der Waals surface area contributed by atoms with Gasteiger partial charge >= 0.3 is 36.4 Å². The highest BCUT2D eigenvalue weighted by molar-refractivity contribution is 5.73. The summed E-state index contributed by atoms with van der Waals surface area (Å²) in [6.07, 6.45) is -11.5. The van der Waals surface area contributed by atoms with Crippen LogP contribution in [0.3, 0.4) is 0 Å². The number of ether oxygens (including phenoxy) is 1. The third-order valence-corrected chi connectivity index (χ3v) is 5.23. The van der Waals surface area contributed by atoms with Crippen LogP contribution in [-0.4, -0.2) is 114 Å². The fourth-order valence-corrected chi connectivity index (χ4v) is 3.23. The Bertz CT molecular complexity index is 1140.